The second kappa shape index (κ2) is 7.26. The molecule has 152 valence electrons. The molecule has 5 nitrogen and oxygen atoms in total. The molecule has 1 atom stereocenters. The smallest absolute Gasteiger partial charge is 0.227 e. The average molecular weight is 411 g/mol. The van der Waals surface area contributed by atoms with Crippen LogP contribution in [0.5, 0.6) is 0 Å². The molecule has 2 aromatic rings. The van der Waals surface area contributed by atoms with E-state index in [1.165, 1.54) is 20.9 Å². The summed E-state index contributed by atoms with van der Waals surface area (Å²) in [6, 6.07) is 12.9. The highest BCUT2D eigenvalue weighted by Crippen LogP contribution is 2.47. The van der Waals surface area contributed by atoms with Gasteiger partial charge in [-0.1, -0.05) is 30.3 Å². The summed E-state index contributed by atoms with van der Waals surface area (Å²) < 4.78 is 6.38. The maximum Gasteiger partial charge on any atom is 0.227 e. The van der Waals surface area contributed by atoms with Gasteiger partial charge in [-0.25, -0.2) is 0 Å². The molecule has 0 bridgehead atoms. The summed E-state index contributed by atoms with van der Waals surface area (Å²) in [5.41, 5.74) is 2.40. The molecular formula is C23H26N2O3S. The third kappa shape index (κ3) is 3.28. The van der Waals surface area contributed by atoms with Crippen LogP contribution in [0.15, 0.2) is 36.4 Å². The van der Waals surface area contributed by atoms with Crippen molar-refractivity contribution in [2.75, 3.05) is 33.3 Å². The molecule has 2 amide bonds. The lowest BCUT2D eigenvalue weighted by Crippen LogP contribution is -2.49. The van der Waals surface area contributed by atoms with Gasteiger partial charge in [0.25, 0.3) is 0 Å². The molecule has 1 aromatic carbocycles. The van der Waals surface area contributed by atoms with Crippen LogP contribution in [0.4, 0.5) is 0 Å². The van der Waals surface area contributed by atoms with Gasteiger partial charge in [-0.2, -0.15) is 0 Å². The van der Waals surface area contributed by atoms with Gasteiger partial charge in [0.2, 0.25) is 11.8 Å². The van der Waals surface area contributed by atoms with Crippen molar-refractivity contribution in [2.24, 2.45) is 5.92 Å². The summed E-state index contributed by atoms with van der Waals surface area (Å²) in [7, 11) is 1.78. The van der Waals surface area contributed by atoms with Gasteiger partial charge >= 0.3 is 0 Å². The summed E-state index contributed by atoms with van der Waals surface area (Å²) in [5, 5.41) is 0. The Bertz CT molecular complexity index is 931. The topological polar surface area (TPSA) is 49.9 Å². The van der Waals surface area contributed by atoms with Gasteiger partial charge in [0, 0.05) is 42.9 Å². The molecule has 0 N–H and O–H groups in total. The highest BCUT2D eigenvalue weighted by Gasteiger charge is 2.44. The second-order valence-electron chi connectivity index (χ2n) is 8.42. The lowest BCUT2D eigenvalue weighted by atomic mass is 9.85. The Labute approximate surface area is 175 Å². The summed E-state index contributed by atoms with van der Waals surface area (Å²) in [4.78, 5) is 31.0. The van der Waals surface area contributed by atoms with E-state index >= 15 is 0 Å². The SMILES string of the molecule is CN1CC(C(=O)N2CCC3(CC2)OCCc2cc(-c4ccccc4)sc23)CC1=O. The van der Waals surface area contributed by atoms with Crippen LogP contribution < -0.4 is 0 Å². The molecule has 3 aliphatic rings. The van der Waals surface area contributed by atoms with E-state index in [9.17, 15) is 9.59 Å². The maximum atomic E-state index is 12.9. The van der Waals surface area contributed by atoms with Crippen molar-refractivity contribution in [3.8, 4) is 10.4 Å². The molecule has 1 aromatic heterocycles. The van der Waals surface area contributed by atoms with Gasteiger partial charge in [0.05, 0.1) is 12.5 Å². The van der Waals surface area contributed by atoms with Crippen LogP contribution in [0.3, 0.4) is 0 Å². The first-order chi connectivity index (χ1) is 14.1. The van der Waals surface area contributed by atoms with E-state index in [4.69, 9.17) is 4.74 Å². The Morgan fingerprint density at radius 2 is 1.97 bits per heavy atom. The van der Waals surface area contributed by atoms with E-state index in [1.54, 1.807) is 11.9 Å². The van der Waals surface area contributed by atoms with Gasteiger partial charge < -0.3 is 14.5 Å². The summed E-state index contributed by atoms with van der Waals surface area (Å²) >= 11 is 1.85. The standard InChI is InChI=1S/C23H26N2O3S/c1-24-15-18(14-20(24)26)22(27)25-10-8-23(9-11-25)21-17(7-12-28-23)13-19(29-21)16-5-3-2-4-6-16/h2-6,13,18H,7-12,14-15H2,1H3. The summed E-state index contributed by atoms with van der Waals surface area (Å²) in [6.07, 6.45) is 2.97. The van der Waals surface area contributed by atoms with Crippen molar-refractivity contribution < 1.29 is 14.3 Å². The van der Waals surface area contributed by atoms with E-state index in [-0.39, 0.29) is 23.3 Å². The molecule has 0 aliphatic carbocycles. The molecule has 2 saturated heterocycles. The first-order valence-corrected chi connectivity index (χ1v) is 11.2. The number of amides is 2. The van der Waals surface area contributed by atoms with Crippen molar-refractivity contribution >= 4 is 23.2 Å². The fraction of sp³-hybridized carbons (Fsp3) is 0.478. The van der Waals surface area contributed by atoms with Crippen LogP contribution >= 0.6 is 11.3 Å². The van der Waals surface area contributed by atoms with Crippen LogP contribution in [-0.4, -0.2) is 54.9 Å². The lowest BCUT2D eigenvalue weighted by Gasteiger charge is -2.44. The highest BCUT2D eigenvalue weighted by atomic mass is 32.1. The van der Waals surface area contributed by atoms with Gasteiger partial charge in [-0.3, -0.25) is 9.59 Å². The lowest BCUT2D eigenvalue weighted by molar-refractivity contribution is -0.144. The highest BCUT2D eigenvalue weighted by molar-refractivity contribution is 7.15. The first-order valence-electron chi connectivity index (χ1n) is 10.4. The van der Waals surface area contributed by atoms with Gasteiger partial charge in [0.1, 0.15) is 5.60 Å². The first kappa shape index (κ1) is 18.8. The maximum absolute atomic E-state index is 12.9. The Hall–Kier alpha value is -2.18. The Balaban J connectivity index is 1.33. The van der Waals surface area contributed by atoms with Crippen LogP contribution in [0.2, 0.25) is 0 Å². The van der Waals surface area contributed by atoms with Crippen LogP contribution in [-0.2, 0) is 26.3 Å². The number of rotatable bonds is 2. The number of ether oxygens (including phenoxy) is 1. The number of piperidine rings is 1. The fourth-order valence-electron chi connectivity index (χ4n) is 4.91. The van der Waals surface area contributed by atoms with E-state index in [0.29, 0.717) is 26.1 Å². The number of hydrogen-bond acceptors (Lipinski definition) is 4. The predicted molar refractivity (Wildman–Crippen MR) is 113 cm³/mol. The summed E-state index contributed by atoms with van der Waals surface area (Å²) in [5.74, 6) is 0.0182. The number of likely N-dealkylation sites (tertiary alicyclic amines) is 2. The van der Waals surface area contributed by atoms with Gasteiger partial charge in [0.15, 0.2) is 0 Å². The number of hydrogen-bond donors (Lipinski definition) is 0. The molecule has 0 saturated carbocycles. The number of carbonyl (C=O) groups excluding carboxylic acids is 2. The molecule has 4 heterocycles. The average Bonchev–Trinajstić information content (AvgIpc) is 3.33. The molecule has 0 radical (unpaired) electrons. The van der Waals surface area contributed by atoms with Crippen LogP contribution in [0.1, 0.15) is 29.7 Å². The van der Waals surface area contributed by atoms with Gasteiger partial charge in [-0.15, -0.1) is 11.3 Å². The zero-order valence-corrected chi connectivity index (χ0v) is 17.5. The quantitative estimate of drug-likeness (QED) is 0.763. The number of benzene rings is 1. The van der Waals surface area contributed by atoms with Crippen molar-refractivity contribution in [1.82, 2.24) is 9.80 Å². The molecule has 6 heteroatoms. The molecule has 3 aliphatic heterocycles. The van der Waals surface area contributed by atoms with E-state index in [2.05, 4.69) is 30.3 Å². The monoisotopic (exact) mass is 410 g/mol. The Morgan fingerprint density at radius 3 is 2.66 bits per heavy atom. The van der Waals surface area contributed by atoms with Crippen LogP contribution in [0, 0.1) is 5.92 Å². The molecule has 1 unspecified atom stereocenters. The minimum absolute atomic E-state index is 0.0733. The Kier molecular flexibility index (Phi) is 4.71. The number of fused-ring (bicyclic) bond motifs is 2. The van der Waals surface area contributed by atoms with Crippen molar-refractivity contribution in [3.05, 3.63) is 46.8 Å². The molecule has 5 rings (SSSR count). The normalized spacial score (nSPS) is 23.5. The van der Waals surface area contributed by atoms with E-state index in [1.807, 2.05) is 22.3 Å². The van der Waals surface area contributed by atoms with Crippen LogP contribution in [0.25, 0.3) is 10.4 Å². The molecule has 1 spiro atoms. The second-order valence-corrected chi connectivity index (χ2v) is 9.48. The third-order valence-corrected chi connectivity index (χ3v) is 8.02. The van der Waals surface area contributed by atoms with E-state index in [0.717, 1.165) is 25.9 Å². The van der Waals surface area contributed by atoms with Crippen molar-refractivity contribution in [2.45, 2.75) is 31.3 Å². The fourth-order valence-corrected chi connectivity index (χ4v) is 6.33. The number of carbonyl (C=O) groups is 2. The minimum Gasteiger partial charge on any atom is -0.369 e. The predicted octanol–water partition coefficient (Wildman–Crippen LogP) is 3.28. The third-order valence-electron chi connectivity index (χ3n) is 6.60. The molecular weight excluding hydrogens is 384 g/mol. The molecule has 2 fully saturated rings. The van der Waals surface area contributed by atoms with E-state index < -0.39 is 0 Å². The largest absolute Gasteiger partial charge is 0.369 e. The zero-order chi connectivity index (χ0) is 20.0. The zero-order valence-electron chi connectivity index (χ0n) is 16.7. The minimum atomic E-state index is -0.260. The molecule has 29 heavy (non-hydrogen) atoms. The number of nitrogens with zero attached hydrogens (tertiary/aromatic N) is 2. The van der Waals surface area contributed by atoms with Crippen molar-refractivity contribution in [1.29, 1.82) is 0 Å². The Morgan fingerprint density at radius 1 is 1.21 bits per heavy atom. The summed E-state index contributed by atoms with van der Waals surface area (Å²) in [6.45, 7) is 2.69. The number of thiophene rings is 1. The van der Waals surface area contributed by atoms with Crippen molar-refractivity contribution in [3.63, 3.8) is 0 Å². The van der Waals surface area contributed by atoms with Gasteiger partial charge in [-0.05, 0) is 36.5 Å².